The largest absolute Gasteiger partial charge is 0.493 e. The van der Waals surface area contributed by atoms with Gasteiger partial charge in [0.2, 0.25) is 5.75 Å². The van der Waals surface area contributed by atoms with E-state index in [1.165, 1.54) is 51.0 Å². The first kappa shape index (κ1) is 22.5. The molecule has 0 saturated heterocycles. The molecular formula is C20H19N5O6S. The summed E-state index contributed by atoms with van der Waals surface area (Å²) in [6.45, 7) is 0. The van der Waals surface area contributed by atoms with Gasteiger partial charge in [0.15, 0.2) is 16.6 Å². The number of nitro groups is 1. The third kappa shape index (κ3) is 5.29. The average Bonchev–Trinajstić information content (AvgIpc) is 3.27. The maximum atomic E-state index is 12.3. The van der Waals surface area contributed by atoms with E-state index in [0.29, 0.717) is 33.6 Å². The molecule has 166 valence electrons. The summed E-state index contributed by atoms with van der Waals surface area (Å²) in [7, 11) is 4.52. The van der Waals surface area contributed by atoms with E-state index in [4.69, 9.17) is 14.2 Å². The summed E-state index contributed by atoms with van der Waals surface area (Å²) in [4.78, 5) is 26.8. The van der Waals surface area contributed by atoms with Crippen LogP contribution < -0.4 is 25.0 Å². The molecule has 2 N–H and O–H groups in total. The number of non-ortho nitro benzene ring substituents is 1. The first-order chi connectivity index (χ1) is 15.4. The molecular weight excluding hydrogens is 438 g/mol. The lowest BCUT2D eigenvalue weighted by Gasteiger charge is -2.12. The number of hydrogen-bond acceptors (Lipinski definition) is 10. The van der Waals surface area contributed by atoms with Gasteiger partial charge in [0.25, 0.3) is 11.6 Å². The summed E-state index contributed by atoms with van der Waals surface area (Å²) in [5.41, 5.74) is 3.79. The van der Waals surface area contributed by atoms with Crippen LogP contribution >= 0.6 is 11.3 Å². The Kier molecular flexibility index (Phi) is 7.18. The number of hydrazone groups is 1. The Hall–Kier alpha value is -4.19. The van der Waals surface area contributed by atoms with Gasteiger partial charge in [0, 0.05) is 28.8 Å². The maximum Gasteiger partial charge on any atom is 0.290 e. The van der Waals surface area contributed by atoms with Crippen molar-refractivity contribution >= 4 is 40.0 Å². The zero-order valence-electron chi connectivity index (χ0n) is 17.3. The number of methoxy groups -OCH3 is 3. The van der Waals surface area contributed by atoms with Gasteiger partial charge in [0.1, 0.15) is 5.69 Å². The van der Waals surface area contributed by atoms with Crippen molar-refractivity contribution in [1.29, 1.82) is 0 Å². The normalized spacial score (nSPS) is 10.6. The number of amides is 1. The molecule has 0 bridgehead atoms. The smallest absolute Gasteiger partial charge is 0.290 e. The van der Waals surface area contributed by atoms with Crippen LogP contribution in [0.2, 0.25) is 0 Å². The van der Waals surface area contributed by atoms with Gasteiger partial charge in [-0.2, -0.15) is 5.10 Å². The van der Waals surface area contributed by atoms with Gasteiger partial charge in [-0.1, -0.05) is 0 Å². The van der Waals surface area contributed by atoms with Crippen molar-refractivity contribution in [2.24, 2.45) is 5.10 Å². The van der Waals surface area contributed by atoms with E-state index in [2.05, 4.69) is 20.8 Å². The maximum absolute atomic E-state index is 12.3. The molecule has 0 saturated carbocycles. The number of nitro benzene ring substituents is 1. The highest BCUT2D eigenvalue weighted by molar-refractivity contribution is 7.14. The SMILES string of the molecule is COc1cc(/C=N/NC(=O)c2csc(Nc3ccc([N+](=O)[O-])cc3)n2)cc(OC)c1OC. The monoisotopic (exact) mass is 457 g/mol. The fraction of sp³-hybridized carbons (Fsp3) is 0.150. The lowest BCUT2D eigenvalue weighted by Crippen LogP contribution is -2.18. The number of hydrogen-bond donors (Lipinski definition) is 2. The summed E-state index contributed by atoms with van der Waals surface area (Å²) in [5.74, 6) is 0.871. The molecule has 1 amide bonds. The molecule has 0 fully saturated rings. The van der Waals surface area contributed by atoms with Crippen LogP contribution in [0.5, 0.6) is 17.2 Å². The number of ether oxygens (including phenoxy) is 3. The van der Waals surface area contributed by atoms with E-state index in [1.54, 1.807) is 29.6 Å². The Morgan fingerprint density at radius 2 is 1.78 bits per heavy atom. The van der Waals surface area contributed by atoms with Crippen molar-refractivity contribution in [3.63, 3.8) is 0 Å². The Bertz CT molecular complexity index is 1120. The van der Waals surface area contributed by atoms with E-state index in [0.717, 1.165) is 0 Å². The molecule has 1 heterocycles. The molecule has 32 heavy (non-hydrogen) atoms. The van der Waals surface area contributed by atoms with Crippen LogP contribution in [0.25, 0.3) is 0 Å². The van der Waals surface area contributed by atoms with Gasteiger partial charge >= 0.3 is 0 Å². The Morgan fingerprint density at radius 1 is 1.12 bits per heavy atom. The second-order valence-corrected chi connectivity index (χ2v) is 6.98. The van der Waals surface area contributed by atoms with Gasteiger partial charge in [-0.3, -0.25) is 14.9 Å². The molecule has 0 aliphatic rings. The number of rotatable bonds is 9. The number of thiazole rings is 1. The summed E-state index contributed by atoms with van der Waals surface area (Å²) in [6, 6.07) is 9.24. The molecule has 12 heteroatoms. The van der Waals surface area contributed by atoms with Crippen molar-refractivity contribution < 1.29 is 23.9 Å². The number of carbonyl (C=O) groups excluding carboxylic acids is 1. The third-order valence-electron chi connectivity index (χ3n) is 4.13. The molecule has 2 aromatic carbocycles. The fourth-order valence-corrected chi connectivity index (χ4v) is 3.33. The molecule has 3 rings (SSSR count). The third-order valence-corrected chi connectivity index (χ3v) is 4.89. The Labute approximate surface area is 186 Å². The van der Waals surface area contributed by atoms with Crippen LogP contribution in [0.4, 0.5) is 16.5 Å². The van der Waals surface area contributed by atoms with E-state index < -0.39 is 10.8 Å². The Morgan fingerprint density at radius 3 is 2.34 bits per heavy atom. The van der Waals surface area contributed by atoms with Crippen LogP contribution in [-0.2, 0) is 0 Å². The summed E-state index contributed by atoms with van der Waals surface area (Å²) >= 11 is 1.21. The summed E-state index contributed by atoms with van der Waals surface area (Å²) in [5, 5.41) is 19.7. The highest BCUT2D eigenvalue weighted by Crippen LogP contribution is 2.37. The minimum atomic E-state index is -0.498. The first-order valence-corrected chi connectivity index (χ1v) is 9.93. The number of benzene rings is 2. The first-order valence-electron chi connectivity index (χ1n) is 9.05. The highest BCUT2D eigenvalue weighted by atomic mass is 32.1. The quantitative estimate of drug-likeness (QED) is 0.283. The van der Waals surface area contributed by atoms with Crippen LogP contribution in [0.1, 0.15) is 16.1 Å². The average molecular weight is 457 g/mol. The fourth-order valence-electron chi connectivity index (χ4n) is 2.62. The zero-order chi connectivity index (χ0) is 23.1. The van der Waals surface area contributed by atoms with E-state index in [1.807, 2.05) is 0 Å². The number of carbonyl (C=O) groups is 1. The lowest BCUT2D eigenvalue weighted by atomic mass is 10.2. The molecule has 11 nitrogen and oxygen atoms in total. The van der Waals surface area contributed by atoms with E-state index in [9.17, 15) is 14.9 Å². The van der Waals surface area contributed by atoms with Crippen LogP contribution in [-0.4, -0.2) is 43.4 Å². The molecule has 0 aliphatic carbocycles. The molecule has 0 spiro atoms. The van der Waals surface area contributed by atoms with Crippen molar-refractivity contribution in [3.05, 3.63) is 63.1 Å². The van der Waals surface area contributed by atoms with Crippen molar-refractivity contribution in [2.45, 2.75) is 0 Å². The standard InChI is InChI=1S/C20H19N5O6S/c1-29-16-8-12(9-17(30-2)18(16)31-3)10-21-24-19(26)15-11-32-20(23-15)22-13-4-6-14(7-5-13)25(27)28/h4-11H,1-3H3,(H,22,23)(H,24,26)/b21-10+. The Balaban J connectivity index is 1.64. The van der Waals surface area contributed by atoms with Crippen LogP contribution in [0.15, 0.2) is 46.9 Å². The number of aromatic nitrogens is 1. The molecule has 0 radical (unpaired) electrons. The van der Waals surface area contributed by atoms with Gasteiger partial charge in [-0.25, -0.2) is 10.4 Å². The molecule has 0 atom stereocenters. The summed E-state index contributed by atoms with van der Waals surface area (Å²) < 4.78 is 15.8. The molecule has 3 aromatic rings. The van der Waals surface area contributed by atoms with Crippen molar-refractivity contribution in [3.8, 4) is 17.2 Å². The van der Waals surface area contributed by atoms with Crippen LogP contribution in [0, 0.1) is 10.1 Å². The van der Waals surface area contributed by atoms with Crippen molar-refractivity contribution in [2.75, 3.05) is 26.6 Å². The second kappa shape index (κ2) is 10.2. The van der Waals surface area contributed by atoms with Gasteiger partial charge < -0.3 is 19.5 Å². The van der Waals surface area contributed by atoms with E-state index in [-0.39, 0.29) is 11.4 Å². The van der Waals surface area contributed by atoms with E-state index >= 15 is 0 Å². The number of nitrogens with one attached hydrogen (secondary N) is 2. The number of anilines is 2. The summed E-state index contributed by atoms with van der Waals surface area (Å²) in [6.07, 6.45) is 1.44. The topological polar surface area (TPSA) is 137 Å². The second-order valence-electron chi connectivity index (χ2n) is 6.12. The lowest BCUT2D eigenvalue weighted by molar-refractivity contribution is -0.384. The molecule has 1 aromatic heterocycles. The van der Waals surface area contributed by atoms with Gasteiger partial charge in [-0.05, 0) is 24.3 Å². The van der Waals surface area contributed by atoms with Gasteiger partial charge in [0.05, 0.1) is 32.5 Å². The zero-order valence-corrected chi connectivity index (χ0v) is 18.1. The minimum Gasteiger partial charge on any atom is -0.493 e. The minimum absolute atomic E-state index is 0.0142. The predicted molar refractivity (Wildman–Crippen MR) is 120 cm³/mol. The van der Waals surface area contributed by atoms with Gasteiger partial charge in [-0.15, -0.1) is 11.3 Å². The number of nitrogens with zero attached hydrogens (tertiary/aromatic N) is 3. The molecule has 0 aliphatic heterocycles. The predicted octanol–water partition coefficient (Wildman–Crippen LogP) is 3.58. The highest BCUT2D eigenvalue weighted by Gasteiger charge is 2.13. The van der Waals surface area contributed by atoms with Crippen LogP contribution in [0.3, 0.4) is 0 Å². The van der Waals surface area contributed by atoms with Crippen molar-refractivity contribution in [1.82, 2.24) is 10.4 Å². The molecule has 0 unspecified atom stereocenters.